The molecule has 0 fully saturated rings. The Bertz CT molecular complexity index is 479. The summed E-state index contributed by atoms with van der Waals surface area (Å²) in [6.45, 7) is 6.11. The lowest BCUT2D eigenvalue weighted by Gasteiger charge is -1.97. The van der Waals surface area contributed by atoms with Crippen LogP contribution in [0.25, 0.3) is 0 Å². The molecule has 1 rings (SSSR count). The molecule has 5 nitrogen and oxygen atoms in total. The number of nitrogens with zero attached hydrogens (tertiary/aromatic N) is 1. The van der Waals surface area contributed by atoms with Gasteiger partial charge in [-0.2, -0.15) is 0 Å². The van der Waals surface area contributed by atoms with E-state index in [1.165, 1.54) is 0 Å². The predicted octanol–water partition coefficient (Wildman–Crippen LogP) is 1.75. The molecule has 0 aliphatic heterocycles. The van der Waals surface area contributed by atoms with Gasteiger partial charge in [0.15, 0.2) is 0 Å². The van der Waals surface area contributed by atoms with Crippen LogP contribution in [0, 0.1) is 13.8 Å². The Balaban J connectivity index is 0.000000437. The van der Waals surface area contributed by atoms with Gasteiger partial charge in [-0.05, 0) is 26.3 Å². The molecule has 0 spiro atoms. The molecule has 1 aromatic rings. The average molecular weight is 282 g/mol. The topological polar surface area (TPSA) is 65.4 Å². The second kappa shape index (κ2) is 6.66. The molecule has 0 saturated carbocycles. The van der Waals surface area contributed by atoms with E-state index in [4.69, 9.17) is 10.7 Å². The van der Waals surface area contributed by atoms with Crippen LogP contribution in [-0.2, 0) is 25.6 Å². The van der Waals surface area contributed by atoms with E-state index < -0.39 is 9.05 Å². The minimum Gasteiger partial charge on any atom is -0.468 e. The molecular weight excluding hydrogens is 266 g/mol. The Hall–Kier alpha value is -1.01. The zero-order valence-corrected chi connectivity index (χ0v) is 11.8. The normalized spacial score (nSPS) is 10.4. The summed E-state index contributed by atoms with van der Waals surface area (Å²) in [6.07, 6.45) is 1.74. The monoisotopic (exact) mass is 281 g/mol. The highest BCUT2D eigenvalue weighted by Gasteiger charge is 2.19. The van der Waals surface area contributed by atoms with Crippen LogP contribution < -0.4 is 0 Å². The van der Waals surface area contributed by atoms with Gasteiger partial charge in [-0.3, -0.25) is 4.79 Å². The second-order valence-corrected chi connectivity index (χ2v) is 5.83. The maximum Gasteiger partial charge on any atom is 0.293 e. The van der Waals surface area contributed by atoms with Gasteiger partial charge in [0.25, 0.3) is 15.5 Å². The van der Waals surface area contributed by atoms with Crippen molar-refractivity contribution in [2.45, 2.75) is 25.7 Å². The van der Waals surface area contributed by atoms with E-state index in [-0.39, 0.29) is 4.90 Å². The minimum absolute atomic E-state index is 0.228. The molecule has 1 aromatic heterocycles. The number of hydrogen-bond donors (Lipinski definition) is 0. The molecule has 17 heavy (non-hydrogen) atoms. The second-order valence-electron chi connectivity index (χ2n) is 3.33. The molecule has 0 radical (unpaired) electrons. The molecule has 0 amide bonds. The summed E-state index contributed by atoms with van der Waals surface area (Å²) < 4.78 is 28.0. The SMILES string of the molecule is CCOC=O.Cc1cn(C)c(C)c1S(=O)(=O)Cl. The van der Waals surface area contributed by atoms with Crippen molar-refractivity contribution in [1.29, 1.82) is 0 Å². The van der Waals surface area contributed by atoms with Crippen molar-refractivity contribution < 1.29 is 17.9 Å². The summed E-state index contributed by atoms with van der Waals surface area (Å²) in [5.41, 5.74) is 1.35. The van der Waals surface area contributed by atoms with Gasteiger partial charge < -0.3 is 9.30 Å². The molecule has 0 unspecified atom stereocenters. The van der Waals surface area contributed by atoms with Crippen molar-refractivity contribution in [3.63, 3.8) is 0 Å². The standard InChI is InChI=1S/C7H10ClNO2S.C3H6O2/c1-5-4-9(3)6(2)7(5)12(8,10)11;1-2-5-3-4/h4H,1-3H3;3H,2H2,1H3. The Morgan fingerprint density at radius 3 is 2.12 bits per heavy atom. The van der Waals surface area contributed by atoms with Gasteiger partial charge in [0.2, 0.25) is 0 Å². The molecule has 0 N–H and O–H groups in total. The first-order valence-corrected chi connectivity index (χ1v) is 7.19. The van der Waals surface area contributed by atoms with E-state index in [2.05, 4.69) is 4.74 Å². The van der Waals surface area contributed by atoms with Crippen LogP contribution in [0.1, 0.15) is 18.2 Å². The van der Waals surface area contributed by atoms with Crippen molar-refractivity contribution in [1.82, 2.24) is 4.57 Å². The van der Waals surface area contributed by atoms with Crippen molar-refractivity contribution in [2.24, 2.45) is 7.05 Å². The molecule has 1 heterocycles. The number of aryl methyl sites for hydroxylation is 2. The molecule has 7 heteroatoms. The highest BCUT2D eigenvalue weighted by molar-refractivity contribution is 8.13. The first-order valence-electron chi connectivity index (χ1n) is 4.88. The molecule has 0 atom stereocenters. The zero-order chi connectivity index (χ0) is 13.6. The fraction of sp³-hybridized carbons (Fsp3) is 0.500. The average Bonchev–Trinajstić information content (AvgIpc) is 2.42. The fourth-order valence-corrected chi connectivity index (χ4v) is 2.96. The van der Waals surface area contributed by atoms with Crippen molar-refractivity contribution in [3.8, 4) is 0 Å². The lowest BCUT2D eigenvalue weighted by molar-refractivity contribution is -0.128. The van der Waals surface area contributed by atoms with E-state index in [0.29, 0.717) is 24.3 Å². The highest BCUT2D eigenvalue weighted by Crippen LogP contribution is 2.24. The smallest absolute Gasteiger partial charge is 0.293 e. The number of carbonyl (C=O) groups is 1. The van der Waals surface area contributed by atoms with E-state index in [1.54, 1.807) is 38.6 Å². The lowest BCUT2D eigenvalue weighted by Crippen LogP contribution is -1.96. The first kappa shape index (κ1) is 16.0. The molecule has 0 saturated heterocycles. The molecule has 0 aliphatic carbocycles. The van der Waals surface area contributed by atoms with E-state index in [9.17, 15) is 13.2 Å². The van der Waals surface area contributed by atoms with Crippen LogP contribution in [0.4, 0.5) is 0 Å². The zero-order valence-electron chi connectivity index (χ0n) is 10.2. The maximum atomic E-state index is 11.0. The largest absolute Gasteiger partial charge is 0.468 e. The molecular formula is C10H16ClNO4S. The molecule has 98 valence electrons. The van der Waals surface area contributed by atoms with Gasteiger partial charge in [0.1, 0.15) is 4.90 Å². The highest BCUT2D eigenvalue weighted by atomic mass is 35.7. The van der Waals surface area contributed by atoms with E-state index >= 15 is 0 Å². The van der Waals surface area contributed by atoms with Gasteiger partial charge in [-0.25, -0.2) is 8.42 Å². The molecule has 0 bridgehead atoms. The summed E-state index contributed by atoms with van der Waals surface area (Å²) in [7, 11) is 3.43. The van der Waals surface area contributed by atoms with Crippen molar-refractivity contribution >= 4 is 26.2 Å². The van der Waals surface area contributed by atoms with Crippen LogP contribution in [0.15, 0.2) is 11.1 Å². The number of halogens is 1. The third-order valence-corrected chi connectivity index (χ3v) is 3.65. The maximum absolute atomic E-state index is 11.0. The van der Waals surface area contributed by atoms with Crippen LogP contribution in [0.3, 0.4) is 0 Å². The van der Waals surface area contributed by atoms with Crippen molar-refractivity contribution in [3.05, 3.63) is 17.5 Å². The number of ether oxygens (including phenoxy) is 1. The van der Waals surface area contributed by atoms with E-state index in [1.807, 2.05) is 0 Å². The summed E-state index contributed by atoms with van der Waals surface area (Å²) in [4.78, 5) is 9.41. The van der Waals surface area contributed by atoms with Gasteiger partial charge in [-0.15, -0.1) is 0 Å². The van der Waals surface area contributed by atoms with Crippen LogP contribution in [0.2, 0.25) is 0 Å². The van der Waals surface area contributed by atoms with E-state index in [0.717, 1.165) is 0 Å². The summed E-state index contributed by atoms with van der Waals surface area (Å²) in [5, 5.41) is 0. The predicted molar refractivity (Wildman–Crippen MR) is 65.6 cm³/mol. The third-order valence-electron chi connectivity index (χ3n) is 2.08. The summed E-state index contributed by atoms with van der Waals surface area (Å²) in [6, 6.07) is 0. The molecule has 0 aromatic carbocycles. The van der Waals surface area contributed by atoms with Crippen LogP contribution in [0.5, 0.6) is 0 Å². The fourth-order valence-electron chi connectivity index (χ4n) is 1.33. The first-order chi connectivity index (χ1) is 7.75. The van der Waals surface area contributed by atoms with Crippen LogP contribution >= 0.6 is 10.7 Å². The summed E-state index contributed by atoms with van der Waals surface area (Å²) in [5.74, 6) is 0. The van der Waals surface area contributed by atoms with Gasteiger partial charge in [-0.1, -0.05) is 0 Å². The Kier molecular flexibility index (Phi) is 6.26. The minimum atomic E-state index is -3.59. The third kappa shape index (κ3) is 4.79. The number of rotatable bonds is 3. The Labute approximate surface area is 106 Å². The number of aromatic nitrogens is 1. The van der Waals surface area contributed by atoms with Crippen molar-refractivity contribution in [2.75, 3.05) is 6.61 Å². The van der Waals surface area contributed by atoms with Crippen LogP contribution in [-0.4, -0.2) is 26.1 Å². The molecule has 0 aliphatic rings. The van der Waals surface area contributed by atoms with Gasteiger partial charge >= 0.3 is 0 Å². The van der Waals surface area contributed by atoms with Gasteiger partial charge in [0, 0.05) is 29.6 Å². The van der Waals surface area contributed by atoms with Gasteiger partial charge in [0.05, 0.1) is 6.61 Å². The summed E-state index contributed by atoms with van der Waals surface area (Å²) >= 11 is 0. The number of carbonyl (C=O) groups excluding carboxylic acids is 1. The Morgan fingerprint density at radius 2 is 2.00 bits per heavy atom. The lowest BCUT2D eigenvalue weighted by atomic mass is 10.3. The quantitative estimate of drug-likeness (QED) is 0.625. The number of hydrogen-bond acceptors (Lipinski definition) is 4. The Morgan fingerprint density at radius 1 is 1.47 bits per heavy atom.